The highest BCUT2D eigenvalue weighted by atomic mass is 35.5. The number of amides is 1. The van der Waals surface area contributed by atoms with Gasteiger partial charge >= 0.3 is 0 Å². The molecule has 0 radical (unpaired) electrons. The second-order valence-corrected chi connectivity index (χ2v) is 7.18. The Morgan fingerprint density at radius 1 is 1.25 bits per heavy atom. The predicted molar refractivity (Wildman–Crippen MR) is 112 cm³/mol. The van der Waals surface area contributed by atoms with E-state index in [0.29, 0.717) is 35.2 Å². The predicted octanol–water partition coefficient (Wildman–Crippen LogP) is 3.93. The number of carbonyl (C=O) groups excluding carboxylic acids is 1. The van der Waals surface area contributed by atoms with Gasteiger partial charge in [-0.05, 0) is 44.8 Å². The van der Waals surface area contributed by atoms with Crippen molar-refractivity contribution in [1.82, 2.24) is 10.2 Å². The monoisotopic (exact) mass is 400 g/mol. The standard InChI is InChI=1S/C22H25ClN2O3/c1-4-27-20-11-7-8-15-12-16(14-28-21(15)20)22(26)24-13-19(25(2)3)17-9-5-6-10-18(17)23/h5-12,19H,4,13-14H2,1-3H3,(H,24,26). The molecule has 0 fully saturated rings. The molecular weight excluding hydrogens is 376 g/mol. The molecule has 0 saturated carbocycles. The number of nitrogens with zero attached hydrogens (tertiary/aromatic N) is 1. The summed E-state index contributed by atoms with van der Waals surface area (Å²) in [5, 5.41) is 3.70. The highest BCUT2D eigenvalue weighted by molar-refractivity contribution is 6.31. The second-order valence-electron chi connectivity index (χ2n) is 6.78. The Hall–Kier alpha value is -2.50. The van der Waals surface area contributed by atoms with E-state index in [9.17, 15) is 4.79 Å². The van der Waals surface area contributed by atoms with E-state index in [0.717, 1.165) is 11.1 Å². The Morgan fingerprint density at radius 2 is 2.04 bits per heavy atom. The zero-order valence-corrected chi connectivity index (χ0v) is 17.1. The van der Waals surface area contributed by atoms with Crippen LogP contribution in [-0.4, -0.2) is 44.7 Å². The molecule has 1 amide bonds. The maximum absolute atomic E-state index is 12.7. The van der Waals surface area contributed by atoms with Crippen molar-refractivity contribution in [3.8, 4) is 11.5 Å². The molecule has 6 heteroatoms. The number of benzene rings is 2. The molecule has 1 unspecified atom stereocenters. The number of halogens is 1. The van der Waals surface area contributed by atoms with Gasteiger partial charge in [0.15, 0.2) is 11.5 Å². The first kappa shape index (κ1) is 20.2. The summed E-state index contributed by atoms with van der Waals surface area (Å²) in [5.74, 6) is 1.23. The zero-order valence-electron chi connectivity index (χ0n) is 16.4. The minimum atomic E-state index is -0.147. The van der Waals surface area contributed by atoms with E-state index in [2.05, 4.69) is 5.32 Å². The highest BCUT2D eigenvalue weighted by Gasteiger charge is 2.22. The number of hydrogen-bond acceptors (Lipinski definition) is 4. The minimum Gasteiger partial charge on any atom is -0.490 e. The fourth-order valence-electron chi connectivity index (χ4n) is 3.20. The SMILES string of the molecule is CCOc1cccc2c1OCC(C(=O)NCC(c1ccccc1Cl)N(C)C)=C2. The van der Waals surface area contributed by atoms with Crippen LogP contribution >= 0.6 is 11.6 Å². The third-order valence-electron chi connectivity index (χ3n) is 4.65. The molecule has 28 heavy (non-hydrogen) atoms. The molecule has 0 bridgehead atoms. The summed E-state index contributed by atoms with van der Waals surface area (Å²) in [6, 6.07) is 13.3. The van der Waals surface area contributed by atoms with Gasteiger partial charge < -0.3 is 19.7 Å². The maximum atomic E-state index is 12.7. The fourth-order valence-corrected chi connectivity index (χ4v) is 3.46. The van der Waals surface area contributed by atoms with Crippen molar-refractivity contribution in [1.29, 1.82) is 0 Å². The molecule has 0 saturated heterocycles. The lowest BCUT2D eigenvalue weighted by atomic mass is 10.0. The van der Waals surface area contributed by atoms with Gasteiger partial charge in [0.25, 0.3) is 5.91 Å². The van der Waals surface area contributed by atoms with Crippen molar-refractivity contribution in [2.24, 2.45) is 0 Å². The molecule has 148 valence electrons. The number of ether oxygens (including phenoxy) is 2. The minimum absolute atomic E-state index is 0.0281. The van der Waals surface area contributed by atoms with Gasteiger partial charge in [0, 0.05) is 17.1 Å². The van der Waals surface area contributed by atoms with Crippen LogP contribution in [0.5, 0.6) is 11.5 Å². The molecule has 0 spiro atoms. The van der Waals surface area contributed by atoms with Gasteiger partial charge in [-0.15, -0.1) is 0 Å². The van der Waals surface area contributed by atoms with Crippen molar-refractivity contribution in [2.45, 2.75) is 13.0 Å². The second kappa shape index (κ2) is 9.13. The van der Waals surface area contributed by atoms with Gasteiger partial charge in [-0.1, -0.05) is 41.9 Å². The van der Waals surface area contributed by atoms with E-state index < -0.39 is 0 Å². The van der Waals surface area contributed by atoms with Crippen LogP contribution in [0.1, 0.15) is 24.1 Å². The van der Waals surface area contributed by atoms with Crippen molar-refractivity contribution < 1.29 is 14.3 Å². The molecule has 2 aromatic carbocycles. The van der Waals surface area contributed by atoms with Gasteiger partial charge in [-0.25, -0.2) is 0 Å². The van der Waals surface area contributed by atoms with E-state index in [-0.39, 0.29) is 18.6 Å². The lowest BCUT2D eigenvalue weighted by Gasteiger charge is -2.26. The lowest BCUT2D eigenvalue weighted by molar-refractivity contribution is -0.118. The number of fused-ring (bicyclic) bond motifs is 1. The topological polar surface area (TPSA) is 50.8 Å². The van der Waals surface area contributed by atoms with Crippen LogP contribution in [0.25, 0.3) is 6.08 Å². The Labute approximate surface area is 170 Å². The first-order valence-electron chi connectivity index (χ1n) is 9.29. The van der Waals surface area contributed by atoms with E-state index >= 15 is 0 Å². The molecule has 1 N–H and O–H groups in total. The molecular formula is C22H25ClN2O3. The first-order chi connectivity index (χ1) is 13.5. The van der Waals surface area contributed by atoms with E-state index in [4.69, 9.17) is 21.1 Å². The van der Waals surface area contributed by atoms with Crippen LogP contribution in [0.3, 0.4) is 0 Å². The van der Waals surface area contributed by atoms with Crippen LogP contribution in [0.4, 0.5) is 0 Å². The summed E-state index contributed by atoms with van der Waals surface area (Å²) >= 11 is 6.34. The Kier molecular flexibility index (Phi) is 6.60. The van der Waals surface area contributed by atoms with Gasteiger partial charge in [-0.3, -0.25) is 4.79 Å². The third kappa shape index (κ3) is 4.49. The Balaban J connectivity index is 1.73. The van der Waals surface area contributed by atoms with Crippen LogP contribution in [0.2, 0.25) is 5.02 Å². The molecule has 2 aromatic rings. The highest BCUT2D eigenvalue weighted by Crippen LogP contribution is 2.35. The first-order valence-corrected chi connectivity index (χ1v) is 9.67. The van der Waals surface area contributed by atoms with Crippen LogP contribution in [0, 0.1) is 0 Å². The molecule has 1 aliphatic rings. The number of rotatable bonds is 7. The van der Waals surface area contributed by atoms with Gasteiger partial charge in [-0.2, -0.15) is 0 Å². The Bertz CT molecular complexity index is 880. The molecule has 3 rings (SSSR count). The largest absolute Gasteiger partial charge is 0.490 e. The molecule has 1 aliphatic heterocycles. The summed E-state index contributed by atoms with van der Waals surface area (Å²) in [6.07, 6.45) is 1.86. The van der Waals surface area contributed by atoms with E-state index in [1.165, 1.54) is 0 Å². The number of nitrogens with one attached hydrogen (secondary N) is 1. The number of hydrogen-bond donors (Lipinski definition) is 1. The van der Waals surface area contributed by atoms with Crippen molar-refractivity contribution in [3.05, 3.63) is 64.2 Å². The lowest BCUT2D eigenvalue weighted by Crippen LogP contribution is -2.36. The Morgan fingerprint density at radius 3 is 2.75 bits per heavy atom. The van der Waals surface area contributed by atoms with Gasteiger partial charge in [0.1, 0.15) is 6.61 Å². The summed E-state index contributed by atoms with van der Waals surface area (Å²) in [6.45, 7) is 3.14. The number of likely N-dealkylation sites (N-methyl/N-ethyl adjacent to an activating group) is 1. The van der Waals surface area contributed by atoms with E-state index in [1.54, 1.807) is 0 Å². The van der Waals surface area contributed by atoms with Crippen LogP contribution in [-0.2, 0) is 4.79 Å². The van der Waals surface area contributed by atoms with Gasteiger partial charge in [0.2, 0.25) is 0 Å². The summed E-state index contributed by atoms with van der Waals surface area (Å²) in [5.41, 5.74) is 2.41. The van der Waals surface area contributed by atoms with Gasteiger partial charge in [0.05, 0.1) is 18.2 Å². The fraction of sp³-hybridized carbons (Fsp3) is 0.318. The van der Waals surface area contributed by atoms with Crippen LogP contribution < -0.4 is 14.8 Å². The third-order valence-corrected chi connectivity index (χ3v) is 4.99. The summed E-state index contributed by atoms with van der Waals surface area (Å²) < 4.78 is 11.4. The molecule has 5 nitrogen and oxygen atoms in total. The number of carbonyl (C=O) groups is 1. The molecule has 1 heterocycles. The quantitative estimate of drug-likeness (QED) is 0.765. The van der Waals surface area contributed by atoms with E-state index in [1.807, 2.05) is 74.5 Å². The zero-order chi connectivity index (χ0) is 20.1. The summed E-state index contributed by atoms with van der Waals surface area (Å²) in [7, 11) is 3.93. The summed E-state index contributed by atoms with van der Waals surface area (Å²) in [4.78, 5) is 14.8. The molecule has 0 aliphatic carbocycles. The molecule has 1 atom stereocenters. The number of para-hydroxylation sites is 1. The van der Waals surface area contributed by atoms with Crippen molar-refractivity contribution in [2.75, 3.05) is 33.9 Å². The van der Waals surface area contributed by atoms with Crippen LogP contribution in [0.15, 0.2) is 48.0 Å². The van der Waals surface area contributed by atoms with Crippen molar-refractivity contribution in [3.63, 3.8) is 0 Å². The molecule has 0 aromatic heterocycles. The average molecular weight is 401 g/mol. The normalized spacial score (nSPS) is 14.0. The maximum Gasteiger partial charge on any atom is 0.250 e. The van der Waals surface area contributed by atoms with Crippen molar-refractivity contribution >= 4 is 23.6 Å². The average Bonchev–Trinajstić information content (AvgIpc) is 2.69. The smallest absolute Gasteiger partial charge is 0.250 e.